The van der Waals surface area contributed by atoms with Crippen molar-refractivity contribution in [3.05, 3.63) is 54.6 Å². The van der Waals surface area contributed by atoms with E-state index in [9.17, 15) is 9.90 Å². The Bertz CT molecular complexity index is 678. The van der Waals surface area contributed by atoms with E-state index in [0.29, 0.717) is 19.5 Å². The van der Waals surface area contributed by atoms with Gasteiger partial charge in [-0.1, -0.05) is 55.5 Å². The van der Waals surface area contributed by atoms with E-state index in [1.54, 1.807) is 13.8 Å². The maximum absolute atomic E-state index is 12.4. The molecule has 2 N–H and O–H groups in total. The highest BCUT2D eigenvalue weighted by molar-refractivity contribution is 5.95. The lowest BCUT2D eigenvalue weighted by atomic mass is 10.0. The van der Waals surface area contributed by atoms with Crippen LogP contribution in [-0.4, -0.2) is 41.1 Å². The van der Waals surface area contributed by atoms with Gasteiger partial charge in [-0.3, -0.25) is 4.79 Å². The SMILES string of the molecule is CCN(CCC(=O)Nc1ccccc1-c1ccccc1)CC(C)(C)O. The summed E-state index contributed by atoms with van der Waals surface area (Å²) < 4.78 is 0. The Kier molecular flexibility index (Phi) is 6.73. The third-order valence-electron chi connectivity index (χ3n) is 4.00. The van der Waals surface area contributed by atoms with E-state index in [1.807, 2.05) is 61.5 Å². The molecule has 0 heterocycles. The Hall–Kier alpha value is -2.17. The molecule has 0 saturated carbocycles. The molecule has 2 aromatic carbocycles. The van der Waals surface area contributed by atoms with Crippen molar-refractivity contribution in [2.45, 2.75) is 32.8 Å². The lowest BCUT2D eigenvalue weighted by Crippen LogP contribution is -2.39. The van der Waals surface area contributed by atoms with Gasteiger partial charge in [0, 0.05) is 30.8 Å². The molecule has 0 bridgehead atoms. The highest BCUT2D eigenvalue weighted by atomic mass is 16.3. The second-order valence-electron chi connectivity index (χ2n) is 6.89. The first-order valence-electron chi connectivity index (χ1n) is 8.78. The average molecular weight is 340 g/mol. The van der Waals surface area contributed by atoms with Gasteiger partial charge in [0.1, 0.15) is 0 Å². The van der Waals surface area contributed by atoms with Crippen LogP contribution < -0.4 is 5.32 Å². The summed E-state index contributed by atoms with van der Waals surface area (Å²) in [6, 6.07) is 17.9. The number of benzene rings is 2. The van der Waals surface area contributed by atoms with Crippen LogP contribution in [0.15, 0.2) is 54.6 Å². The molecule has 0 spiro atoms. The number of carbonyl (C=O) groups excluding carboxylic acids is 1. The van der Waals surface area contributed by atoms with Gasteiger partial charge in [0.2, 0.25) is 5.91 Å². The summed E-state index contributed by atoms with van der Waals surface area (Å²) in [6.45, 7) is 7.58. The van der Waals surface area contributed by atoms with Crippen molar-refractivity contribution in [2.75, 3.05) is 25.0 Å². The van der Waals surface area contributed by atoms with Crippen LogP contribution in [0.1, 0.15) is 27.2 Å². The molecule has 134 valence electrons. The van der Waals surface area contributed by atoms with E-state index in [1.165, 1.54) is 0 Å². The minimum atomic E-state index is -0.758. The first kappa shape index (κ1) is 19.2. The molecule has 2 rings (SSSR count). The number of hydrogen-bond donors (Lipinski definition) is 2. The topological polar surface area (TPSA) is 52.6 Å². The minimum Gasteiger partial charge on any atom is -0.389 e. The molecule has 0 aliphatic heterocycles. The zero-order chi connectivity index (χ0) is 18.3. The number of nitrogens with zero attached hydrogens (tertiary/aromatic N) is 1. The average Bonchev–Trinajstić information content (AvgIpc) is 2.59. The third kappa shape index (κ3) is 6.33. The van der Waals surface area contributed by atoms with Gasteiger partial charge in [0.25, 0.3) is 0 Å². The quantitative estimate of drug-likeness (QED) is 0.769. The summed E-state index contributed by atoms with van der Waals surface area (Å²) >= 11 is 0. The zero-order valence-corrected chi connectivity index (χ0v) is 15.3. The van der Waals surface area contributed by atoms with Crippen LogP contribution in [0, 0.1) is 0 Å². The van der Waals surface area contributed by atoms with Gasteiger partial charge in [-0.15, -0.1) is 0 Å². The molecule has 0 aliphatic carbocycles. The maximum atomic E-state index is 12.4. The minimum absolute atomic E-state index is 0.0161. The molecule has 4 heteroatoms. The lowest BCUT2D eigenvalue weighted by Gasteiger charge is -2.27. The van der Waals surface area contributed by atoms with Gasteiger partial charge in [0.15, 0.2) is 0 Å². The van der Waals surface area contributed by atoms with Gasteiger partial charge < -0.3 is 15.3 Å². The molecule has 0 saturated heterocycles. The van der Waals surface area contributed by atoms with Crippen LogP contribution >= 0.6 is 0 Å². The number of rotatable bonds is 8. The van der Waals surface area contributed by atoms with Crippen LogP contribution in [0.2, 0.25) is 0 Å². The number of hydrogen-bond acceptors (Lipinski definition) is 3. The standard InChI is InChI=1S/C21H28N2O2/c1-4-23(16-21(2,3)25)15-14-20(24)22-19-13-9-8-12-18(19)17-10-6-5-7-11-17/h5-13,25H,4,14-16H2,1-3H3,(H,22,24). The molecular weight excluding hydrogens is 312 g/mol. The Morgan fingerprint density at radius 2 is 1.72 bits per heavy atom. The molecule has 0 atom stereocenters. The van der Waals surface area contributed by atoms with Crippen molar-refractivity contribution in [3.63, 3.8) is 0 Å². The van der Waals surface area contributed by atoms with E-state index in [4.69, 9.17) is 0 Å². The van der Waals surface area contributed by atoms with Crippen LogP contribution in [0.25, 0.3) is 11.1 Å². The number of aliphatic hydroxyl groups is 1. The monoisotopic (exact) mass is 340 g/mol. The Morgan fingerprint density at radius 3 is 2.36 bits per heavy atom. The number of para-hydroxylation sites is 1. The summed E-state index contributed by atoms with van der Waals surface area (Å²) in [6.07, 6.45) is 0.396. The van der Waals surface area contributed by atoms with Gasteiger partial charge >= 0.3 is 0 Å². The molecular formula is C21H28N2O2. The summed E-state index contributed by atoms with van der Waals surface area (Å²) in [5, 5.41) is 13.0. The fraction of sp³-hybridized carbons (Fsp3) is 0.381. The van der Waals surface area contributed by atoms with E-state index in [-0.39, 0.29) is 5.91 Å². The molecule has 25 heavy (non-hydrogen) atoms. The van der Waals surface area contributed by atoms with Crippen LogP contribution in [0.4, 0.5) is 5.69 Å². The van der Waals surface area contributed by atoms with Gasteiger partial charge in [-0.25, -0.2) is 0 Å². The predicted molar refractivity (Wildman–Crippen MR) is 104 cm³/mol. The van der Waals surface area contributed by atoms with Crippen molar-refractivity contribution in [1.29, 1.82) is 0 Å². The molecule has 0 aromatic heterocycles. The van der Waals surface area contributed by atoms with E-state index < -0.39 is 5.60 Å². The predicted octanol–water partition coefficient (Wildman–Crippen LogP) is 3.78. The van der Waals surface area contributed by atoms with Crippen molar-refractivity contribution >= 4 is 11.6 Å². The zero-order valence-electron chi connectivity index (χ0n) is 15.3. The largest absolute Gasteiger partial charge is 0.389 e. The number of anilines is 1. The fourth-order valence-corrected chi connectivity index (χ4v) is 2.83. The van der Waals surface area contributed by atoms with Gasteiger partial charge in [0.05, 0.1) is 5.60 Å². The highest BCUT2D eigenvalue weighted by Gasteiger charge is 2.18. The summed E-state index contributed by atoms with van der Waals surface area (Å²) in [5.41, 5.74) is 2.16. The molecule has 0 radical (unpaired) electrons. The summed E-state index contributed by atoms with van der Waals surface area (Å²) in [5.74, 6) is -0.0161. The number of likely N-dealkylation sites (N-methyl/N-ethyl adjacent to an activating group) is 1. The molecule has 0 unspecified atom stereocenters. The first-order chi connectivity index (χ1) is 11.9. The van der Waals surface area contributed by atoms with Gasteiger partial charge in [-0.2, -0.15) is 0 Å². The second-order valence-corrected chi connectivity index (χ2v) is 6.89. The summed E-state index contributed by atoms with van der Waals surface area (Å²) in [4.78, 5) is 14.5. The Labute approximate surface area is 150 Å². The first-order valence-corrected chi connectivity index (χ1v) is 8.78. The Morgan fingerprint density at radius 1 is 1.08 bits per heavy atom. The summed E-state index contributed by atoms with van der Waals surface area (Å²) in [7, 11) is 0. The van der Waals surface area contributed by atoms with Crippen molar-refractivity contribution in [3.8, 4) is 11.1 Å². The highest BCUT2D eigenvalue weighted by Crippen LogP contribution is 2.27. The van der Waals surface area contributed by atoms with Crippen LogP contribution in [0.3, 0.4) is 0 Å². The van der Waals surface area contributed by atoms with E-state index >= 15 is 0 Å². The van der Waals surface area contributed by atoms with Crippen LogP contribution in [-0.2, 0) is 4.79 Å². The number of amides is 1. The number of nitrogens with one attached hydrogen (secondary N) is 1. The molecule has 2 aromatic rings. The molecule has 0 aliphatic rings. The second kappa shape index (κ2) is 8.79. The molecule has 0 fully saturated rings. The van der Waals surface area contributed by atoms with Crippen molar-refractivity contribution in [2.24, 2.45) is 0 Å². The smallest absolute Gasteiger partial charge is 0.225 e. The Balaban J connectivity index is 1.99. The fourth-order valence-electron chi connectivity index (χ4n) is 2.83. The normalized spacial score (nSPS) is 11.6. The van der Waals surface area contributed by atoms with E-state index in [0.717, 1.165) is 23.4 Å². The number of carbonyl (C=O) groups is 1. The van der Waals surface area contributed by atoms with Crippen molar-refractivity contribution < 1.29 is 9.90 Å². The molecule has 4 nitrogen and oxygen atoms in total. The lowest BCUT2D eigenvalue weighted by molar-refractivity contribution is -0.116. The maximum Gasteiger partial charge on any atom is 0.225 e. The van der Waals surface area contributed by atoms with Crippen LogP contribution in [0.5, 0.6) is 0 Å². The third-order valence-corrected chi connectivity index (χ3v) is 4.00. The van der Waals surface area contributed by atoms with E-state index in [2.05, 4.69) is 10.2 Å². The van der Waals surface area contributed by atoms with Gasteiger partial charge in [-0.05, 0) is 32.0 Å². The van der Waals surface area contributed by atoms with Crippen molar-refractivity contribution in [1.82, 2.24) is 4.90 Å². The molecule has 1 amide bonds.